The maximum absolute atomic E-state index is 14.3. The van der Waals surface area contributed by atoms with Crippen LogP contribution in [0, 0.1) is 5.82 Å². The predicted molar refractivity (Wildman–Crippen MR) is 91.7 cm³/mol. The second-order valence-electron chi connectivity index (χ2n) is 5.32. The number of alkyl halides is 2. The van der Waals surface area contributed by atoms with Crippen LogP contribution in [0.25, 0.3) is 21.9 Å². The molecular weight excluding hydrogens is 329 g/mol. The molecular formula is C20H15F3O2. The monoisotopic (exact) mass is 344 g/mol. The van der Waals surface area contributed by atoms with Crippen molar-refractivity contribution in [2.75, 3.05) is 6.61 Å². The van der Waals surface area contributed by atoms with Crippen molar-refractivity contribution < 1.29 is 22.6 Å². The van der Waals surface area contributed by atoms with E-state index in [2.05, 4.69) is 11.3 Å². The molecule has 0 radical (unpaired) electrons. The Bertz CT molecular complexity index is 889. The van der Waals surface area contributed by atoms with Gasteiger partial charge in [0.2, 0.25) is 0 Å². The summed E-state index contributed by atoms with van der Waals surface area (Å²) in [4.78, 5) is 0. The van der Waals surface area contributed by atoms with Crippen molar-refractivity contribution in [1.29, 1.82) is 0 Å². The van der Waals surface area contributed by atoms with E-state index < -0.39 is 18.2 Å². The number of ether oxygens (including phenoxy) is 2. The molecule has 0 fully saturated rings. The fourth-order valence-corrected chi connectivity index (χ4v) is 2.54. The lowest BCUT2D eigenvalue weighted by atomic mass is 10.0. The summed E-state index contributed by atoms with van der Waals surface area (Å²) in [5.41, 5.74) is 1.81. The highest BCUT2D eigenvalue weighted by Gasteiger charge is 2.13. The zero-order valence-corrected chi connectivity index (χ0v) is 13.2. The van der Waals surface area contributed by atoms with E-state index in [4.69, 9.17) is 4.74 Å². The van der Waals surface area contributed by atoms with Gasteiger partial charge in [-0.25, -0.2) is 4.39 Å². The lowest BCUT2D eigenvalue weighted by Crippen LogP contribution is -2.03. The summed E-state index contributed by atoms with van der Waals surface area (Å²) in [6.07, 6.45) is 1.66. The first kappa shape index (κ1) is 16.9. The van der Waals surface area contributed by atoms with Crippen LogP contribution in [-0.4, -0.2) is 13.2 Å². The van der Waals surface area contributed by atoms with Crippen molar-refractivity contribution in [2.24, 2.45) is 0 Å². The highest BCUT2D eigenvalue weighted by Crippen LogP contribution is 2.31. The number of halogens is 3. The molecule has 5 heteroatoms. The Balaban J connectivity index is 1.92. The molecule has 0 aliphatic carbocycles. The summed E-state index contributed by atoms with van der Waals surface area (Å²) in [6, 6.07) is 15.3. The molecule has 2 nitrogen and oxygen atoms in total. The van der Waals surface area contributed by atoms with Crippen LogP contribution >= 0.6 is 0 Å². The quantitative estimate of drug-likeness (QED) is 0.525. The first-order valence-electron chi connectivity index (χ1n) is 7.59. The molecule has 128 valence electrons. The molecule has 0 unspecified atom stereocenters. The van der Waals surface area contributed by atoms with E-state index in [1.165, 1.54) is 6.07 Å². The molecule has 0 aliphatic heterocycles. The van der Waals surface area contributed by atoms with Crippen molar-refractivity contribution in [1.82, 2.24) is 0 Å². The zero-order valence-electron chi connectivity index (χ0n) is 13.2. The van der Waals surface area contributed by atoms with Crippen LogP contribution in [0.2, 0.25) is 0 Å². The third-order valence-corrected chi connectivity index (χ3v) is 3.69. The number of hydrogen-bond acceptors (Lipinski definition) is 2. The molecule has 0 saturated heterocycles. The Labute approximate surface area is 143 Å². The second-order valence-corrected chi connectivity index (χ2v) is 5.32. The maximum atomic E-state index is 14.3. The molecule has 0 bridgehead atoms. The van der Waals surface area contributed by atoms with Gasteiger partial charge in [-0.1, -0.05) is 43.0 Å². The summed E-state index contributed by atoms with van der Waals surface area (Å²) in [6.45, 7) is 0.959. The van der Waals surface area contributed by atoms with Crippen molar-refractivity contribution in [3.8, 4) is 22.6 Å². The summed E-state index contributed by atoms with van der Waals surface area (Å²) < 4.78 is 48.5. The number of rotatable bonds is 6. The van der Waals surface area contributed by atoms with E-state index in [9.17, 15) is 13.2 Å². The van der Waals surface area contributed by atoms with Gasteiger partial charge < -0.3 is 9.47 Å². The van der Waals surface area contributed by atoms with Gasteiger partial charge in [0.15, 0.2) is 11.6 Å². The molecule has 3 aromatic rings. The highest BCUT2D eigenvalue weighted by molar-refractivity contribution is 5.89. The Morgan fingerprint density at radius 2 is 1.68 bits per heavy atom. The molecule has 0 spiro atoms. The molecule has 0 N–H and O–H groups in total. The lowest BCUT2D eigenvalue weighted by molar-refractivity contribution is -0.0520. The molecule has 0 amide bonds. The van der Waals surface area contributed by atoms with E-state index in [1.807, 2.05) is 24.3 Å². The average molecular weight is 344 g/mol. The third-order valence-electron chi connectivity index (χ3n) is 3.69. The number of benzene rings is 3. The van der Waals surface area contributed by atoms with Crippen LogP contribution in [0.5, 0.6) is 11.5 Å². The normalized spacial score (nSPS) is 10.9. The standard InChI is InChI=1S/C20H15F3O2/c1-2-11-24-16-7-3-13(4-8-16)14-5-9-17-15(12-14)6-10-18(19(17)21)25-20(22)23/h2-10,12,20H,1,11H2. The van der Waals surface area contributed by atoms with Crippen LogP contribution in [0.15, 0.2) is 67.3 Å². The Kier molecular flexibility index (Phi) is 4.93. The fourth-order valence-electron chi connectivity index (χ4n) is 2.54. The maximum Gasteiger partial charge on any atom is 0.387 e. The molecule has 3 aromatic carbocycles. The van der Waals surface area contributed by atoms with E-state index in [1.54, 1.807) is 30.3 Å². The fraction of sp³-hybridized carbons (Fsp3) is 0.100. The van der Waals surface area contributed by atoms with Gasteiger partial charge >= 0.3 is 6.61 Å². The van der Waals surface area contributed by atoms with Crippen LogP contribution in [0.4, 0.5) is 13.2 Å². The molecule has 0 heterocycles. The van der Waals surface area contributed by atoms with Crippen molar-refractivity contribution in [3.63, 3.8) is 0 Å². The van der Waals surface area contributed by atoms with Gasteiger partial charge in [0.05, 0.1) is 0 Å². The number of hydrogen-bond donors (Lipinski definition) is 0. The van der Waals surface area contributed by atoms with Gasteiger partial charge in [0, 0.05) is 5.39 Å². The minimum Gasteiger partial charge on any atom is -0.490 e. The van der Waals surface area contributed by atoms with E-state index in [0.717, 1.165) is 16.9 Å². The molecule has 25 heavy (non-hydrogen) atoms. The summed E-state index contributed by atoms with van der Waals surface area (Å²) >= 11 is 0. The molecule has 3 rings (SSSR count). The average Bonchev–Trinajstić information content (AvgIpc) is 2.62. The third kappa shape index (κ3) is 3.76. The Morgan fingerprint density at radius 3 is 2.36 bits per heavy atom. The summed E-state index contributed by atoms with van der Waals surface area (Å²) in [7, 11) is 0. The van der Waals surface area contributed by atoms with E-state index in [0.29, 0.717) is 12.0 Å². The van der Waals surface area contributed by atoms with Gasteiger partial charge in [-0.05, 0) is 40.8 Å². The van der Waals surface area contributed by atoms with Gasteiger partial charge in [0.1, 0.15) is 12.4 Å². The van der Waals surface area contributed by atoms with E-state index >= 15 is 0 Å². The topological polar surface area (TPSA) is 18.5 Å². The number of fused-ring (bicyclic) bond motifs is 1. The second kappa shape index (κ2) is 7.30. The van der Waals surface area contributed by atoms with E-state index in [-0.39, 0.29) is 5.39 Å². The van der Waals surface area contributed by atoms with Gasteiger partial charge in [-0.3, -0.25) is 0 Å². The molecule has 0 aromatic heterocycles. The predicted octanol–water partition coefficient (Wildman–Crippen LogP) is 5.81. The lowest BCUT2D eigenvalue weighted by Gasteiger charge is -2.10. The summed E-state index contributed by atoms with van der Waals surface area (Å²) in [5, 5.41) is 0.830. The van der Waals surface area contributed by atoms with Crippen molar-refractivity contribution in [3.05, 3.63) is 73.1 Å². The minimum atomic E-state index is -3.06. The van der Waals surface area contributed by atoms with Gasteiger partial charge in [-0.2, -0.15) is 8.78 Å². The van der Waals surface area contributed by atoms with Crippen molar-refractivity contribution in [2.45, 2.75) is 6.61 Å². The first-order chi connectivity index (χ1) is 12.1. The SMILES string of the molecule is C=CCOc1ccc(-c2ccc3c(F)c(OC(F)F)ccc3c2)cc1. The smallest absolute Gasteiger partial charge is 0.387 e. The van der Waals surface area contributed by atoms with Crippen LogP contribution in [0.1, 0.15) is 0 Å². The zero-order chi connectivity index (χ0) is 17.8. The summed E-state index contributed by atoms with van der Waals surface area (Å²) in [5.74, 6) is -0.527. The Morgan fingerprint density at radius 1 is 0.960 bits per heavy atom. The largest absolute Gasteiger partial charge is 0.490 e. The molecule has 0 aliphatic rings. The minimum absolute atomic E-state index is 0.229. The van der Waals surface area contributed by atoms with Gasteiger partial charge in [-0.15, -0.1) is 0 Å². The first-order valence-corrected chi connectivity index (χ1v) is 7.59. The van der Waals surface area contributed by atoms with Crippen molar-refractivity contribution >= 4 is 10.8 Å². The van der Waals surface area contributed by atoms with Crippen LogP contribution in [0.3, 0.4) is 0 Å². The molecule has 0 saturated carbocycles. The molecule has 0 atom stereocenters. The van der Waals surface area contributed by atoms with Crippen LogP contribution in [-0.2, 0) is 0 Å². The van der Waals surface area contributed by atoms with Crippen LogP contribution < -0.4 is 9.47 Å². The Hall–Kier alpha value is -2.95. The van der Waals surface area contributed by atoms with Gasteiger partial charge in [0.25, 0.3) is 0 Å². The highest BCUT2D eigenvalue weighted by atomic mass is 19.3.